The van der Waals surface area contributed by atoms with Gasteiger partial charge >= 0.3 is 23.9 Å². The van der Waals surface area contributed by atoms with E-state index >= 15 is 0 Å². The number of rotatable bonds is 5. The average Bonchev–Trinajstić information content (AvgIpc) is 3.38. The molecule has 12 nitrogen and oxygen atoms in total. The van der Waals surface area contributed by atoms with Crippen molar-refractivity contribution in [3.05, 3.63) is 24.2 Å². The second kappa shape index (κ2) is 9.54. The van der Waals surface area contributed by atoms with Crippen LogP contribution in [-0.2, 0) is 47.6 Å². The first-order chi connectivity index (χ1) is 21.1. The van der Waals surface area contributed by atoms with Crippen molar-refractivity contribution in [2.24, 2.45) is 34.0 Å². The van der Waals surface area contributed by atoms with Crippen LogP contribution in [0.2, 0.25) is 0 Å². The number of aliphatic hydroxyl groups is 1. The van der Waals surface area contributed by atoms with Gasteiger partial charge in [-0.2, -0.15) is 0 Å². The van der Waals surface area contributed by atoms with Crippen LogP contribution in [-0.4, -0.2) is 77.3 Å². The molecule has 1 N–H and O–H groups in total. The van der Waals surface area contributed by atoms with E-state index in [9.17, 15) is 24.3 Å². The van der Waals surface area contributed by atoms with E-state index < -0.39 is 106 Å². The molecule has 6 aliphatic rings. The fourth-order valence-electron chi connectivity index (χ4n) is 10.7. The van der Waals surface area contributed by atoms with E-state index in [2.05, 4.69) is 0 Å². The van der Waals surface area contributed by atoms with Gasteiger partial charge < -0.3 is 37.9 Å². The van der Waals surface area contributed by atoms with Gasteiger partial charge in [-0.25, -0.2) is 9.59 Å². The summed E-state index contributed by atoms with van der Waals surface area (Å²) >= 11 is 0. The second-order valence-electron chi connectivity index (χ2n) is 15.2. The molecular weight excluding hydrogens is 588 g/mol. The largest absolute Gasteiger partial charge is 0.472 e. The number of carbonyl (C=O) groups excluding carboxylic acids is 4. The topological polar surface area (TPSA) is 160 Å². The molecule has 13 atom stereocenters. The van der Waals surface area contributed by atoms with Crippen LogP contribution in [0.1, 0.15) is 79.4 Å². The number of fused-ring (bicyclic) bond motifs is 2. The van der Waals surface area contributed by atoms with Crippen molar-refractivity contribution < 1.29 is 57.1 Å². The Kier molecular flexibility index (Phi) is 6.51. The minimum Gasteiger partial charge on any atom is -0.472 e. The summed E-state index contributed by atoms with van der Waals surface area (Å²) in [6.07, 6.45) is -1.88. The number of ether oxygens (including phenoxy) is 6. The van der Waals surface area contributed by atoms with Gasteiger partial charge in [0.1, 0.15) is 35.6 Å². The van der Waals surface area contributed by atoms with Crippen LogP contribution in [0.5, 0.6) is 0 Å². The third kappa shape index (κ3) is 3.70. The molecule has 1 aromatic heterocycles. The normalized spacial score (nSPS) is 48.4. The minimum atomic E-state index is -1.41. The lowest BCUT2D eigenvalue weighted by molar-refractivity contribution is -0.292. The molecule has 1 spiro atoms. The van der Waals surface area contributed by atoms with Gasteiger partial charge in [-0.05, 0) is 37.7 Å². The van der Waals surface area contributed by atoms with E-state index in [4.69, 9.17) is 32.8 Å². The predicted octanol–water partition coefficient (Wildman–Crippen LogP) is 3.04. The number of hydrogen-bond acceptors (Lipinski definition) is 12. The number of furan rings is 1. The molecular formula is C33H42O12. The molecule has 4 saturated heterocycles. The fourth-order valence-corrected chi connectivity index (χ4v) is 10.7. The Bertz CT molecular complexity index is 1440. The van der Waals surface area contributed by atoms with Gasteiger partial charge in [-0.15, -0.1) is 0 Å². The van der Waals surface area contributed by atoms with Crippen LogP contribution in [0.15, 0.2) is 23.0 Å². The van der Waals surface area contributed by atoms with Crippen LogP contribution >= 0.6 is 0 Å². The van der Waals surface area contributed by atoms with Crippen molar-refractivity contribution in [1.29, 1.82) is 0 Å². The maximum absolute atomic E-state index is 13.7. The number of carbonyl (C=O) groups is 4. The molecule has 7 rings (SSSR count). The standard InChI is InChI=1S/C33H42O12/c1-15(2)21(36)27(37)43-25-22-23-30(5,14-40-22)44-20(35)12-19(41-16(3)34)31(23,6)18-8-10-29(4)24(17-9-11-39-13-17)42-28(38)26-33(29,45-26)32(18,25)7/h9,11,13,15,18-19,21-26,36H,8,10,12,14H2,1-7H3. The van der Waals surface area contributed by atoms with Crippen LogP contribution in [0.25, 0.3) is 0 Å². The molecule has 1 aromatic rings. The maximum Gasteiger partial charge on any atom is 0.339 e. The number of hydrogen-bond donors (Lipinski definition) is 1. The molecule has 4 aliphatic heterocycles. The fraction of sp³-hybridized carbons (Fsp3) is 0.758. The summed E-state index contributed by atoms with van der Waals surface area (Å²) in [4.78, 5) is 53.2. The van der Waals surface area contributed by atoms with E-state index in [-0.39, 0.29) is 13.0 Å². The van der Waals surface area contributed by atoms with E-state index in [0.29, 0.717) is 18.4 Å². The summed E-state index contributed by atoms with van der Waals surface area (Å²) in [7, 11) is 0. The number of cyclic esters (lactones) is 1. The lowest BCUT2D eigenvalue weighted by Crippen LogP contribution is -2.77. The van der Waals surface area contributed by atoms with Crippen molar-refractivity contribution >= 4 is 23.9 Å². The number of aliphatic hydroxyl groups excluding tert-OH is 1. The zero-order valence-electron chi connectivity index (χ0n) is 26.7. The van der Waals surface area contributed by atoms with Crippen LogP contribution in [0.3, 0.4) is 0 Å². The number of esters is 4. The van der Waals surface area contributed by atoms with E-state index in [1.54, 1.807) is 26.2 Å². The summed E-state index contributed by atoms with van der Waals surface area (Å²) < 4.78 is 43.0. The molecule has 12 heteroatoms. The van der Waals surface area contributed by atoms with Gasteiger partial charge in [0.05, 0.1) is 25.6 Å². The molecule has 0 bridgehead atoms. The van der Waals surface area contributed by atoms with E-state index in [1.165, 1.54) is 13.2 Å². The smallest absolute Gasteiger partial charge is 0.339 e. The van der Waals surface area contributed by atoms with E-state index in [1.807, 2.05) is 27.7 Å². The monoisotopic (exact) mass is 630 g/mol. The van der Waals surface area contributed by atoms with E-state index in [0.717, 1.165) is 0 Å². The minimum absolute atomic E-state index is 0.0221. The molecule has 2 aliphatic carbocycles. The maximum atomic E-state index is 13.7. The van der Waals surface area contributed by atoms with Gasteiger partial charge in [-0.3, -0.25) is 9.59 Å². The summed E-state index contributed by atoms with van der Waals surface area (Å²) in [5.74, 6) is -3.82. The average molecular weight is 631 g/mol. The molecule has 246 valence electrons. The highest BCUT2D eigenvalue weighted by Crippen LogP contribution is 2.80. The Morgan fingerprint density at radius 2 is 1.82 bits per heavy atom. The second-order valence-corrected chi connectivity index (χ2v) is 15.2. The van der Waals surface area contributed by atoms with Gasteiger partial charge in [0.15, 0.2) is 12.2 Å². The highest BCUT2D eigenvalue weighted by Gasteiger charge is 2.91. The molecule has 5 heterocycles. The first kappa shape index (κ1) is 30.7. The van der Waals surface area contributed by atoms with Crippen molar-refractivity contribution in [2.75, 3.05) is 6.61 Å². The molecule has 13 unspecified atom stereocenters. The highest BCUT2D eigenvalue weighted by molar-refractivity contribution is 5.83. The van der Waals surface area contributed by atoms with Crippen LogP contribution in [0, 0.1) is 34.0 Å². The number of epoxide rings is 1. The Balaban J connectivity index is 1.46. The van der Waals surface area contributed by atoms with Gasteiger partial charge in [0.2, 0.25) is 0 Å². The van der Waals surface area contributed by atoms with Crippen molar-refractivity contribution in [3.8, 4) is 0 Å². The SMILES string of the molecule is CC(=O)OC1CC(=O)OC2(C)COC3C2C1(C)C1CCC2(C)C(c4ccoc4)OC(=O)C4OC42C1(C)C3OC(=O)C(O)C(C)C. The first-order valence-corrected chi connectivity index (χ1v) is 15.9. The Hall–Kier alpha value is -2.96. The van der Waals surface area contributed by atoms with Crippen molar-refractivity contribution in [2.45, 2.75) is 116 Å². The lowest BCUT2D eigenvalue weighted by Gasteiger charge is -2.68. The molecule has 0 aromatic carbocycles. The zero-order chi connectivity index (χ0) is 32.5. The van der Waals surface area contributed by atoms with Gasteiger partial charge in [0.25, 0.3) is 0 Å². The Labute approximate surface area is 261 Å². The third-order valence-electron chi connectivity index (χ3n) is 12.5. The summed E-state index contributed by atoms with van der Waals surface area (Å²) in [5.41, 5.74) is -4.54. The predicted molar refractivity (Wildman–Crippen MR) is 151 cm³/mol. The van der Waals surface area contributed by atoms with Gasteiger partial charge in [-0.1, -0.05) is 34.6 Å². The van der Waals surface area contributed by atoms with Crippen LogP contribution < -0.4 is 0 Å². The summed E-state index contributed by atoms with van der Waals surface area (Å²) in [6.45, 7) is 12.6. The van der Waals surface area contributed by atoms with Gasteiger partial charge in [0, 0.05) is 34.7 Å². The Morgan fingerprint density at radius 1 is 1.09 bits per heavy atom. The summed E-state index contributed by atoms with van der Waals surface area (Å²) in [5, 5.41) is 10.8. The Morgan fingerprint density at radius 3 is 2.47 bits per heavy atom. The zero-order valence-corrected chi connectivity index (χ0v) is 26.7. The molecule has 0 amide bonds. The van der Waals surface area contributed by atoms with Crippen LogP contribution in [0.4, 0.5) is 0 Å². The third-order valence-corrected chi connectivity index (χ3v) is 12.5. The quantitative estimate of drug-likeness (QED) is 0.288. The lowest BCUT2D eigenvalue weighted by atomic mass is 9.36. The molecule has 2 saturated carbocycles. The first-order valence-electron chi connectivity index (χ1n) is 15.9. The molecule has 6 fully saturated rings. The highest BCUT2D eigenvalue weighted by atomic mass is 16.7. The van der Waals surface area contributed by atoms with Crippen molar-refractivity contribution in [3.63, 3.8) is 0 Å². The molecule has 45 heavy (non-hydrogen) atoms. The molecule has 0 radical (unpaired) electrons. The summed E-state index contributed by atoms with van der Waals surface area (Å²) in [6, 6.07) is 1.76. The van der Waals surface area contributed by atoms with Crippen molar-refractivity contribution in [1.82, 2.24) is 0 Å².